The van der Waals surface area contributed by atoms with Gasteiger partial charge < -0.3 is 15.0 Å². The molecule has 0 radical (unpaired) electrons. The van der Waals surface area contributed by atoms with Crippen molar-refractivity contribution in [2.45, 2.75) is 19.9 Å². The highest BCUT2D eigenvalue weighted by Crippen LogP contribution is 2.17. The molecular weight excluding hydrogens is 308 g/mol. The molecule has 19 heavy (non-hydrogen) atoms. The van der Waals surface area contributed by atoms with E-state index in [1.54, 1.807) is 11.9 Å². The van der Waals surface area contributed by atoms with E-state index in [1.165, 1.54) is 0 Å². The second-order valence-corrected chi connectivity index (χ2v) is 5.25. The maximum absolute atomic E-state index is 11.8. The fraction of sp³-hybridized carbons (Fsp3) is 0.500. The van der Waals surface area contributed by atoms with Crippen LogP contribution in [0.2, 0.25) is 0 Å². The molecule has 0 aromatic heterocycles. The molecule has 106 valence electrons. The average Bonchev–Trinajstić information content (AvgIpc) is 2.41. The van der Waals surface area contributed by atoms with Crippen LogP contribution in [-0.4, -0.2) is 43.6 Å². The molecule has 1 atom stereocenters. The first-order valence-electron chi connectivity index (χ1n) is 6.41. The number of carbonyl (C=O) groups is 1. The second-order valence-electron chi connectivity index (χ2n) is 4.33. The number of amides is 1. The van der Waals surface area contributed by atoms with Crippen LogP contribution < -0.4 is 10.1 Å². The Bertz CT molecular complexity index is 412. The van der Waals surface area contributed by atoms with Crippen LogP contribution >= 0.6 is 15.9 Å². The molecule has 1 rings (SSSR count). The van der Waals surface area contributed by atoms with Gasteiger partial charge in [-0.25, -0.2) is 0 Å². The van der Waals surface area contributed by atoms with Crippen LogP contribution in [0.15, 0.2) is 28.7 Å². The number of hydrogen-bond donors (Lipinski definition) is 1. The minimum Gasteiger partial charge on any atom is -0.492 e. The van der Waals surface area contributed by atoms with Crippen LogP contribution in [0.4, 0.5) is 0 Å². The zero-order valence-electron chi connectivity index (χ0n) is 11.6. The number of rotatable bonds is 7. The molecule has 0 fully saturated rings. The van der Waals surface area contributed by atoms with E-state index in [4.69, 9.17) is 4.74 Å². The number of ether oxygens (including phenoxy) is 1. The molecule has 1 aromatic carbocycles. The summed E-state index contributed by atoms with van der Waals surface area (Å²) >= 11 is 3.39. The molecule has 0 aliphatic carbocycles. The highest BCUT2D eigenvalue weighted by molar-refractivity contribution is 9.10. The lowest BCUT2D eigenvalue weighted by atomic mass is 10.3. The fourth-order valence-electron chi connectivity index (χ4n) is 1.57. The van der Waals surface area contributed by atoms with Crippen LogP contribution in [-0.2, 0) is 4.79 Å². The van der Waals surface area contributed by atoms with Gasteiger partial charge in [-0.05, 0) is 32.0 Å². The Morgan fingerprint density at radius 1 is 1.53 bits per heavy atom. The van der Waals surface area contributed by atoms with Crippen molar-refractivity contribution < 1.29 is 9.53 Å². The van der Waals surface area contributed by atoms with Crippen molar-refractivity contribution >= 4 is 21.8 Å². The molecule has 0 aliphatic heterocycles. The van der Waals surface area contributed by atoms with Gasteiger partial charge in [-0.1, -0.05) is 22.0 Å². The summed E-state index contributed by atoms with van der Waals surface area (Å²) < 4.78 is 6.58. The third kappa shape index (κ3) is 5.61. The lowest BCUT2D eigenvalue weighted by Gasteiger charge is -2.20. The Kier molecular flexibility index (Phi) is 6.87. The number of nitrogens with one attached hydrogen (secondary N) is 1. The van der Waals surface area contributed by atoms with E-state index < -0.39 is 0 Å². The minimum atomic E-state index is -0.184. The molecule has 1 aromatic rings. The maximum atomic E-state index is 11.8. The molecule has 0 aliphatic rings. The molecule has 0 heterocycles. The number of hydrogen-bond acceptors (Lipinski definition) is 3. The highest BCUT2D eigenvalue weighted by atomic mass is 79.9. The predicted octanol–water partition coefficient (Wildman–Crippen LogP) is 2.28. The number of halogens is 1. The number of benzene rings is 1. The third-order valence-electron chi connectivity index (χ3n) is 2.84. The van der Waals surface area contributed by atoms with E-state index in [1.807, 2.05) is 38.1 Å². The van der Waals surface area contributed by atoms with E-state index >= 15 is 0 Å². The van der Waals surface area contributed by atoms with Gasteiger partial charge in [0.05, 0.1) is 6.04 Å². The monoisotopic (exact) mass is 328 g/mol. The van der Waals surface area contributed by atoms with Crippen LogP contribution in [0, 0.1) is 0 Å². The van der Waals surface area contributed by atoms with Crippen molar-refractivity contribution in [1.29, 1.82) is 0 Å². The van der Waals surface area contributed by atoms with Crippen molar-refractivity contribution in [3.8, 4) is 5.75 Å². The Morgan fingerprint density at radius 3 is 2.89 bits per heavy atom. The van der Waals surface area contributed by atoms with Crippen molar-refractivity contribution in [1.82, 2.24) is 10.2 Å². The summed E-state index contributed by atoms with van der Waals surface area (Å²) in [4.78, 5) is 13.5. The first kappa shape index (κ1) is 16.0. The molecule has 0 spiro atoms. The van der Waals surface area contributed by atoms with Crippen LogP contribution in [0.5, 0.6) is 5.75 Å². The summed E-state index contributed by atoms with van der Waals surface area (Å²) in [7, 11) is 1.80. The summed E-state index contributed by atoms with van der Waals surface area (Å²) in [6.07, 6.45) is 0. The maximum Gasteiger partial charge on any atom is 0.239 e. The molecular formula is C14H21BrN2O2. The second kappa shape index (κ2) is 8.17. The number of carbonyl (C=O) groups excluding carboxylic acids is 1. The van der Waals surface area contributed by atoms with Crippen molar-refractivity contribution in [3.05, 3.63) is 28.7 Å². The van der Waals surface area contributed by atoms with Gasteiger partial charge >= 0.3 is 0 Å². The van der Waals surface area contributed by atoms with Gasteiger partial charge in [0.15, 0.2) is 0 Å². The topological polar surface area (TPSA) is 41.6 Å². The van der Waals surface area contributed by atoms with Crippen molar-refractivity contribution in [2.24, 2.45) is 0 Å². The first-order chi connectivity index (χ1) is 9.04. The van der Waals surface area contributed by atoms with E-state index in [0.717, 1.165) is 16.8 Å². The summed E-state index contributed by atoms with van der Waals surface area (Å²) in [5.41, 5.74) is 0. The fourth-order valence-corrected chi connectivity index (χ4v) is 1.95. The van der Waals surface area contributed by atoms with Crippen molar-refractivity contribution in [2.75, 3.05) is 26.7 Å². The van der Waals surface area contributed by atoms with Gasteiger partial charge in [-0.3, -0.25) is 4.79 Å². The summed E-state index contributed by atoms with van der Waals surface area (Å²) in [5, 5.41) is 3.15. The summed E-state index contributed by atoms with van der Waals surface area (Å²) in [5.74, 6) is 0.922. The number of nitrogens with zero attached hydrogens (tertiary/aromatic N) is 1. The lowest BCUT2D eigenvalue weighted by molar-refractivity contribution is -0.131. The van der Waals surface area contributed by atoms with Gasteiger partial charge in [0.25, 0.3) is 0 Å². The Balaban J connectivity index is 2.25. The molecule has 0 bridgehead atoms. The predicted molar refractivity (Wildman–Crippen MR) is 80.4 cm³/mol. The molecule has 5 heteroatoms. The molecule has 4 nitrogen and oxygen atoms in total. The molecule has 0 saturated carbocycles. The van der Waals surface area contributed by atoms with Crippen LogP contribution in [0.25, 0.3) is 0 Å². The molecule has 1 unspecified atom stereocenters. The van der Waals surface area contributed by atoms with Gasteiger partial charge in [-0.2, -0.15) is 0 Å². The lowest BCUT2D eigenvalue weighted by Crippen LogP contribution is -2.44. The summed E-state index contributed by atoms with van der Waals surface area (Å²) in [6.45, 7) is 5.72. The third-order valence-corrected chi connectivity index (χ3v) is 3.33. The van der Waals surface area contributed by atoms with Gasteiger partial charge in [0, 0.05) is 24.6 Å². The molecule has 0 saturated heterocycles. The normalized spacial score (nSPS) is 12.0. The van der Waals surface area contributed by atoms with Crippen molar-refractivity contribution in [3.63, 3.8) is 0 Å². The highest BCUT2D eigenvalue weighted by Gasteiger charge is 2.14. The van der Waals surface area contributed by atoms with Crippen LogP contribution in [0.3, 0.4) is 0 Å². The number of likely N-dealkylation sites (N-methyl/N-ethyl adjacent to an activating group) is 1. The first-order valence-corrected chi connectivity index (χ1v) is 7.20. The quantitative estimate of drug-likeness (QED) is 0.781. The van der Waals surface area contributed by atoms with E-state index in [0.29, 0.717) is 13.2 Å². The molecule has 1 amide bonds. The smallest absolute Gasteiger partial charge is 0.239 e. The van der Waals surface area contributed by atoms with Gasteiger partial charge in [0.2, 0.25) is 5.91 Å². The SMILES string of the molecule is CCN(C)C(=O)C(C)NCCOc1cccc(Br)c1. The summed E-state index contributed by atoms with van der Waals surface area (Å²) in [6, 6.07) is 7.52. The Morgan fingerprint density at radius 2 is 2.26 bits per heavy atom. The minimum absolute atomic E-state index is 0.102. The average molecular weight is 329 g/mol. The van der Waals surface area contributed by atoms with Crippen LogP contribution in [0.1, 0.15) is 13.8 Å². The Labute approximate surface area is 123 Å². The zero-order valence-corrected chi connectivity index (χ0v) is 13.2. The van der Waals surface area contributed by atoms with Gasteiger partial charge in [-0.15, -0.1) is 0 Å². The van der Waals surface area contributed by atoms with E-state index in [-0.39, 0.29) is 11.9 Å². The standard InChI is InChI=1S/C14H21BrN2O2/c1-4-17(3)14(18)11(2)16-8-9-19-13-7-5-6-12(15)10-13/h5-7,10-11,16H,4,8-9H2,1-3H3. The Hall–Kier alpha value is -1.07. The largest absolute Gasteiger partial charge is 0.492 e. The van der Waals surface area contributed by atoms with Gasteiger partial charge in [0.1, 0.15) is 12.4 Å². The molecule has 1 N–H and O–H groups in total. The van der Waals surface area contributed by atoms with E-state index in [2.05, 4.69) is 21.2 Å². The van der Waals surface area contributed by atoms with E-state index in [9.17, 15) is 4.79 Å². The zero-order chi connectivity index (χ0) is 14.3.